The number of nitrogens with one attached hydrogen (secondary N) is 1. The number of benzene rings is 1. The largest absolute Gasteiger partial charge is 0.333 e. The molecule has 7 nitrogen and oxygen atoms in total. The Balaban J connectivity index is 1.48. The second-order valence-corrected chi connectivity index (χ2v) is 7.96. The van der Waals surface area contributed by atoms with Crippen molar-refractivity contribution in [3.8, 4) is 0 Å². The van der Waals surface area contributed by atoms with Crippen molar-refractivity contribution in [2.75, 3.05) is 11.9 Å². The van der Waals surface area contributed by atoms with Gasteiger partial charge in [-0.05, 0) is 18.2 Å². The normalized spacial score (nSPS) is 13.1. The molecule has 142 valence electrons. The maximum Gasteiger partial charge on any atom is 0.277 e. The Hall–Kier alpha value is -2.55. The number of halogens is 2. The summed E-state index contributed by atoms with van der Waals surface area (Å²) in [5, 5.41) is 4.01. The van der Waals surface area contributed by atoms with Crippen LogP contribution in [-0.2, 0) is 13.0 Å². The Morgan fingerprint density at radius 3 is 2.82 bits per heavy atom. The van der Waals surface area contributed by atoms with Gasteiger partial charge in [0.05, 0.1) is 29.0 Å². The first-order chi connectivity index (χ1) is 13.5. The number of rotatable bonds is 3. The van der Waals surface area contributed by atoms with Crippen molar-refractivity contribution in [1.82, 2.24) is 19.9 Å². The molecule has 1 aliphatic rings. The van der Waals surface area contributed by atoms with Crippen LogP contribution in [0, 0.1) is 0 Å². The summed E-state index contributed by atoms with van der Waals surface area (Å²) in [6, 6.07) is 4.82. The van der Waals surface area contributed by atoms with Gasteiger partial charge in [0.15, 0.2) is 5.13 Å². The van der Waals surface area contributed by atoms with Gasteiger partial charge in [0.1, 0.15) is 5.69 Å². The van der Waals surface area contributed by atoms with E-state index in [4.69, 9.17) is 23.2 Å². The second-order valence-electron chi connectivity index (χ2n) is 6.03. The molecule has 0 aliphatic carbocycles. The lowest BCUT2D eigenvalue weighted by Gasteiger charge is -2.26. The summed E-state index contributed by atoms with van der Waals surface area (Å²) in [4.78, 5) is 40.0. The number of hydrogen-bond acceptors (Lipinski definition) is 6. The standard InChI is InChI=1S/C18H13Cl2N5O2S/c19-10-1-2-11(12(20)7-10)17(27)25-6-3-13-15(9-25)28-18(23-13)24-16(26)14-8-21-4-5-22-14/h1-2,4-5,7-8H,3,6,9H2,(H,23,24,26). The van der Waals surface area contributed by atoms with Crippen molar-refractivity contribution in [3.05, 3.63) is 68.7 Å². The van der Waals surface area contributed by atoms with Gasteiger partial charge in [-0.2, -0.15) is 0 Å². The van der Waals surface area contributed by atoms with Crippen molar-refractivity contribution in [3.63, 3.8) is 0 Å². The number of fused-ring (bicyclic) bond motifs is 1. The fourth-order valence-electron chi connectivity index (χ4n) is 2.83. The van der Waals surface area contributed by atoms with Gasteiger partial charge in [0.25, 0.3) is 11.8 Å². The van der Waals surface area contributed by atoms with Gasteiger partial charge in [0.2, 0.25) is 0 Å². The molecular formula is C18H13Cl2N5O2S. The van der Waals surface area contributed by atoms with Crippen molar-refractivity contribution in [1.29, 1.82) is 0 Å². The lowest BCUT2D eigenvalue weighted by Crippen LogP contribution is -2.35. The van der Waals surface area contributed by atoms with Crippen molar-refractivity contribution >= 4 is 51.5 Å². The molecule has 0 atom stereocenters. The van der Waals surface area contributed by atoms with Crippen LogP contribution in [0.2, 0.25) is 10.0 Å². The molecule has 1 aliphatic heterocycles. The molecule has 3 heterocycles. The zero-order valence-corrected chi connectivity index (χ0v) is 16.7. The molecule has 28 heavy (non-hydrogen) atoms. The van der Waals surface area contributed by atoms with E-state index >= 15 is 0 Å². The number of hydrogen-bond donors (Lipinski definition) is 1. The van der Waals surface area contributed by atoms with Crippen LogP contribution >= 0.6 is 34.5 Å². The van der Waals surface area contributed by atoms with Gasteiger partial charge in [0, 0.05) is 35.3 Å². The number of nitrogens with zero attached hydrogens (tertiary/aromatic N) is 4. The van der Waals surface area contributed by atoms with Crippen LogP contribution in [0.15, 0.2) is 36.8 Å². The monoisotopic (exact) mass is 433 g/mol. The van der Waals surface area contributed by atoms with Crippen LogP contribution in [0.4, 0.5) is 5.13 Å². The highest BCUT2D eigenvalue weighted by molar-refractivity contribution is 7.15. The van der Waals surface area contributed by atoms with Crippen LogP contribution in [0.5, 0.6) is 0 Å². The number of carbonyl (C=O) groups excluding carboxylic acids is 2. The highest BCUT2D eigenvalue weighted by Gasteiger charge is 2.26. The van der Waals surface area contributed by atoms with Gasteiger partial charge in [-0.25, -0.2) is 9.97 Å². The van der Waals surface area contributed by atoms with E-state index in [1.807, 2.05) is 0 Å². The second kappa shape index (κ2) is 7.83. The minimum absolute atomic E-state index is 0.161. The molecule has 0 radical (unpaired) electrons. The van der Waals surface area contributed by atoms with Crippen molar-refractivity contribution < 1.29 is 9.59 Å². The molecule has 0 bridgehead atoms. The summed E-state index contributed by atoms with van der Waals surface area (Å²) in [6.45, 7) is 0.928. The van der Waals surface area contributed by atoms with E-state index in [1.54, 1.807) is 23.1 Å². The molecule has 0 saturated heterocycles. The van der Waals surface area contributed by atoms with E-state index in [9.17, 15) is 9.59 Å². The Bertz CT molecular complexity index is 1060. The summed E-state index contributed by atoms with van der Waals surface area (Å²) in [5.74, 6) is -0.536. The number of aromatic nitrogens is 3. The molecule has 1 N–H and O–H groups in total. The van der Waals surface area contributed by atoms with Gasteiger partial charge < -0.3 is 4.90 Å². The topological polar surface area (TPSA) is 88.1 Å². The van der Waals surface area contributed by atoms with Gasteiger partial charge in [-0.1, -0.05) is 34.5 Å². The highest BCUT2D eigenvalue weighted by Crippen LogP contribution is 2.30. The lowest BCUT2D eigenvalue weighted by molar-refractivity contribution is 0.0736. The fraction of sp³-hybridized carbons (Fsp3) is 0.167. The van der Waals surface area contributed by atoms with Crippen molar-refractivity contribution in [2.24, 2.45) is 0 Å². The number of carbonyl (C=O) groups is 2. The van der Waals surface area contributed by atoms with Gasteiger partial charge in [-0.3, -0.25) is 19.9 Å². The van der Waals surface area contributed by atoms with Crippen LogP contribution < -0.4 is 5.32 Å². The average Bonchev–Trinajstić information content (AvgIpc) is 3.09. The Morgan fingerprint density at radius 1 is 1.21 bits per heavy atom. The van der Waals surface area contributed by atoms with Crippen LogP contribution in [0.3, 0.4) is 0 Å². The number of anilines is 1. The van der Waals surface area contributed by atoms with Crippen LogP contribution in [-0.4, -0.2) is 38.2 Å². The van der Waals surface area contributed by atoms with E-state index in [-0.39, 0.29) is 17.5 Å². The first-order valence-electron chi connectivity index (χ1n) is 8.31. The van der Waals surface area contributed by atoms with E-state index in [2.05, 4.69) is 20.3 Å². The van der Waals surface area contributed by atoms with E-state index in [1.165, 1.54) is 29.9 Å². The lowest BCUT2D eigenvalue weighted by atomic mass is 10.1. The molecule has 1 aromatic carbocycles. The molecule has 2 amide bonds. The smallest absolute Gasteiger partial charge is 0.277 e. The Labute approximate surface area is 174 Å². The first kappa shape index (κ1) is 18.8. The third-order valence-corrected chi connectivity index (χ3v) is 5.74. The minimum atomic E-state index is -0.375. The Morgan fingerprint density at radius 2 is 2.07 bits per heavy atom. The molecule has 0 saturated carbocycles. The molecule has 10 heteroatoms. The van der Waals surface area contributed by atoms with Crippen LogP contribution in [0.25, 0.3) is 0 Å². The zero-order chi connectivity index (χ0) is 19.7. The Kier molecular flexibility index (Phi) is 5.25. The molecule has 3 aromatic rings. The minimum Gasteiger partial charge on any atom is -0.333 e. The zero-order valence-electron chi connectivity index (χ0n) is 14.4. The van der Waals surface area contributed by atoms with Crippen LogP contribution in [0.1, 0.15) is 31.4 Å². The number of thiazole rings is 1. The molecule has 4 rings (SSSR count). The maximum atomic E-state index is 12.8. The number of amides is 2. The first-order valence-corrected chi connectivity index (χ1v) is 9.89. The maximum absolute atomic E-state index is 12.8. The third kappa shape index (κ3) is 3.84. The summed E-state index contributed by atoms with van der Waals surface area (Å²) in [5.41, 5.74) is 1.51. The summed E-state index contributed by atoms with van der Waals surface area (Å²) in [7, 11) is 0. The fourth-order valence-corrected chi connectivity index (χ4v) is 4.34. The van der Waals surface area contributed by atoms with Gasteiger partial charge in [-0.15, -0.1) is 0 Å². The van der Waals surface area contributed by atoms with Gasteiger partial charge >= 0.3 is 0 Å². The molecule has 0 fully saturated rings. The highest BCUT2D eigenvalue weighted by atomic mass is 35.5. The third-order valence-electron chi connectivity index (χ3n) is 4.20. The summed E-state index contributed by atoms with van der Waals surface area (Å²) >= 11 is 13.4. The molecule has 0 spiro atoms. The quantitative estimate of drug-likeness (QED) is 0.680. The summed E-state index contributed by atoms with van der Waals surface area (Å²) in [6.07, 6.45) is 4.94. The SMILES string of the molecule is O=C(Nc1nc2c(s1)CN(C(=O)c1ccc(Cl)cc1Cl)CC2)c1cnccn1. The predicted octanol–water partition coefficient (Wildman–Crippen LogP) is 3.69. The molecule has 2 aromatic heterocycles. The van der Waals surface area contributed by atoms with E-state index in [0.29, 0.717) is 40.3 Å². The van der Waals surface area contributed by atoms with E-state index < -0.39 is 0 Å². The average molecular weight is 434 g/mol. The van der Waals surface area contributed by atoms with E-state index in [0.717, 1.165) is 10.6 Å². The summed E-state index contributed by atoms with van der Waals surface area (Å²) < 4.78 is 0. The molecule has 0 unspecified atom stereocenters. The molecular weight excluding hydrogens is 421 g/mol. The van der Waals surface area contributed by atoms with Crippen molar-refractivity contribution in [2.45, 2.75) is 13.0 Å². The predicted molar refractivity (Wildman–Crippen MR) is 107 cm³/mol.